The first-order valence-electron chi connectivity index (χ1n) is 4.89. The molecular formula is C11H10N4O2. The monoisotopic (exact) mass is 230 g/mol. The molecule has 86 valence electrons. The zero-order valence-corrected chi connectivity index (χ0v) is 8.83. The summed E-state index contributed by atoms with van der Waals surface area (Å²) >= 11 is 0. The van der Waals surface area contributed by atoms with Crippen LogP contribution in [0.4, 0.5) is 22.9 Å². The lowest BCUT2D eigenvalue weighted by Gasteiger charge is -2.06. The van der Waals surface area contributed by atoms with Crippen molar-refractivity contribution in [2.24, 2.45) is 0 Å². The number of nitrogens with one attached hydrogen (secondary N) is 1. The summed E-state index contributed by atoms with van der Waals surface area (Å²) in [5, 5.41) is 13.7. The second-order valence-electron chi connectivity index (χ2n) is 3.38. The molecule has 6 nitrogen and oxygen atoms in total. The number of anilines is 3. The summed E-state index contributed by atoms with van der Waals surface area (Å²) in [7, 11) is 0. The van der Waals surface area contributed by atoms with Crippen molar-refractivity contribution >= 4 is 22.9 Å². The lowest BCUT2D eigenvalue weighted by molar-refractivity contribution is -0.388. The van der Waals surface area contributed by atoms with Crippen molar-refractivity contribution < 1.29 is 4.92 Å². The van der Waals surface area contributed by atoms with Crippen molar-refractivity contribution in [3.05, 3.63) is 52.7 Å². The van der Waals surface area contributed by atoms with Gasteiger partial charge in [-0.25, -0.2) is 0 Å². The van der Waals surface area contributed by atoms with Gasteiger partial charge in [0.1, 0.15) is 11.9 Å². The van der Waals surface area contributed by atoms with Gasteiger partial charge in [0, 0.05) is 11.4 Å². The number of nitrogens with two attached hydrogens (primary N) is 1. The van der Waals surface area contributed by atoms with Crippen LogP contribution in [0.2, 0.25) is 0 Å². The molecule has 0 saturated heterocycles. The molecule has 1 aromatic heterocycles. The van der Waals surface area contributed by atoms with Crippen LogP contribution in [-0.2, 0) is 0 Å². The Morgan fingerprint density at radius 1 is 1.24 bits per heavy atom. The number of pyridine rings is 1. The Kier molecular flexibility index (Phi) is 2.87. The van der Waals surface area contributed by atoms with E-state index >= 15 is 0 Å². The minimum atomic E-state index is -0.528. The zero-order valence-electron chi connectivity index (χ0n) is 8.83. The largest absolute Gasteiger partial charge is 0.399 e. The molecule has 0 atom stereocenters. The minimum absolute atomic E-state index is 0.204. The lowest BCUT2D eigenvalue weighted by Crippen LogP contribution is -1.99. The molecule has 0 unspecified atom stereocenters. The smallest absolute Gasteiger partial charge is 0.387 e. The highest BCUT2D eigenvalue weighted by Crippen LogP contribution is 2.24. The first-order valence-corrected chi connectivity index (χ1v) is 4.89. The van der Waals surface area contributed by atoms with E-state index in [2.05, 4.69) is 10.3 Å². The second kappa shape index (κ2) is 4.48. The van der Waals surface area contributed by atoms with E-state index in [-0.39, 0.29) is 5.82 Å². The number of hydrogen-bond acceptors (Lipinski definition) is 5. The van der Waals surface area contributed by atoms with Crippen LogP contribution in [0.15, 0.2) is 42.6 Å². The molecule has 1 aromatic carbocycles. The number of benzene rings is 1. The third kappa shape index (κ3) is 2.49. The summed E-state index contributed by atoms with van der Waals surface area (Å²) in [6.45, 7) is 0. The maximum atomic E-state index is 10.7. The van der Waals surface area contributed by atoms with Crippen LogP contribution >= 0.6 is 0 Å². The molecule has 0 fully saturated rings. The van der Waals surface area contributed by atoms with Crippen molar-refractivity contribution in [3.63, 3.8) is 0 Å². The van der Waals surface area contributed by atoms with Gasteiger partial charge in [-0.3, -0.25) is 0 Å². The molecule has 3 N–H and O–H groups in total. The average molecular weight is 230 g/mol. The Morgan fingerprint density at radius 2 is 1.94 bits per heavy atom. The third-order valence-electron chi connectivity index (χ3n) is 2.15. The lowest BCUT2D eigenvalue weighted by atomic mass is 10.2. The van der Waals surface area contributed by atoms with Crippen LogP contribution in [0.3, 0.4) is 0 Å². The van der Waals surface area contributed by atoms with E-state index in [0.717, 1.165) is 5.69 Å². The molecule has 2 aromatic rings. The predicted molar refractivity (Wildman–Crippen MR) is 65.0 cm³/mol. The van der Waals surface area contributed by atoms with E-state index in [0.29, 0.717) is 11.4 Å². The number of hydrogen-bond donors (Lipinski definition) is 2. The Balaban J connectivity index is 2.30. The van der Waals surface area contributed by atoms with Gasteiger partial charge in [-0.1, -0.05) is 0 Å². The maximum absolute atomic E-state index is 10.7. The summed E-state index contributed by atoms with van der Waals surface area (Å²) in [4.78, 5) is 13.9. The van der Waals surface area contributed by atoms with Gasteiger partial charge in [0.05, 0.1) is 0 Å². The van der Waals surface area contributed by atoms with Gasteiger partial charge in [0.25, 0.3) is 0 Å². The van der Waals surface area contributed by atoms with E-state index in [4.69, 9.17) is 5.73 Å². The van der Waals surface area contributed by atoms with Crippen molar-refractivity contribution in [1.29, 1.82) is 0 Å². The Labute approximate surface area is 97.3 Å². The first kappa shape index (κ1) is 10.9. The van der Waals surface area contributed by atoms with Gasteiger partial charge >= 0.3 is 5.82 Å². The van der Waals surface area contributed by atoms with Crippen LogP contribution < -0.4 is 11.1 Å². The van der Waals surface area contributed by atoms with Crippen molar-refractivity contribution in [1.82, 2.24) is 4.98 Å². The van der Waals surface area contributed by atoms with E-state index in [1.54, 1.807) is 36.4 Å². The van der Waals surface area contributed by atoms with Crippen LogP contribution in [0.1, 0.15) is 0 Å². The Morgan fingerprint density at radius 3 is 2.59 bits per heavy atom. The quantitative estimate of drug-likeness (QED) is 0.479. The van der Waals surface area contributed by atoms with Crippen molar-refractivity contribution in [3.8, 4) is 0 Å². The van der Waals surface area contributed by atoms with Crippen molar-refractivity contribution in [2.75, 3.05) is 11.1 Å². The number of nitrogen functional groups attached to an aromatic ring is 1. The van der Waals surface area contributed by atoms with Crippen LogP contribution in [0.5, 0.6) is 0 Å². The summed E-state index contributed by atoms with van der Waals surface area (Å²) in [5.41, 5.74) is 7.25. The fraction of sp³-hybridized carbons (Fsp3) is 0. The molecule has 0 saturated carbocycles. The van der Waals surface area contributed by atoms with Crippen LogP contribution in [0.25, 0.3) is 0 Å². The van der Waals surface area contributed by atoms with Gasteiger partial charge in [0.15, 0.2) is 0 Å². The SMILES string of the molecule is Nc1ccc(Nc2cccnc2[N+](=O)[O-])cc1. The zero-order chi connectivity index (χ0) is 12.3. The minimum Gasteiger partial charge on any atom is -0.399 e. The van der Waals surface area contributed by atoms with E-state index in [1.165, 1.54) is 6.20 Å². The Bertz CT molecular complexity index is 539. The summed E-state index contributed by atoms with van der Waals surface area (Å²) in [6, 6.07) is 10.1. The van der Waals surface area contributed by atoms with Gasteiger partial charge in [0.2, 0.25) is 0 Å². The molecule has 0 bridgehead atoms. The molecule has 0 aliphatic carbocycles. The molecule has 1 heterocycles. The van der Waals surface area contributed by atoms with E-state index < -0.39 is 4.92 Å². The van der Waals surface area contributed by atoms with E-state index in [9.17, 15) is 10.1 Å². The fourth-order valence-corrected chi connectivity index (χ4v) is 1.36. The van der Waals surface area contributed by atoms with Gasteiger partial charge < -0.3 is 21.2 Å². The molecule has 0 radical (unpaired) electrons. The molecule has 0 amide bonds. The summed E-state index contributed by atoms with van der Waals surface area (Å²) in [5.74, 6) is -0.204. The first-order chi connectivity index (χ1) is 8.16. The summed E-state index contributed by atoms with van der Waals surface area (Å²) in [6.07, 6.45) is 1.38. The summed E-state index contributed by atoms with van der Waals surface area (Å²) < 4.78 is 0. The van der Waals surface area contributed by atoms with Gasteiger partial charge in [-0.05, 0) is 46.3 Å². The van der Waals surface area contributed by atoms with Crippen LogP contribution in [-0.4, -0.2) is 9.91 Å². The number of nitrogens with zero attached hydrogens (tertiary/aromatic N) is 2. The van der Waals surface area contributed by atoms with Crippen LogP contribution in [0, 0.1) is 10.1 Å². The maximum Gasteiger partial charge on any atom is 0.387 e. The Hall–Kier alpha value is -2.63. The van der Waals surface area contributed by atoms with E-state index in [1.807, 2.05) is 0 Å². The fourth-order valence-electron chi connectivity index (χ4n) is 1.36. The number of nitro groups is 1. The molecule has 6 heteroatoms. The van der Waals surface area contributed by atoms with Gasteiger partial charge in [-0.15, -0.1) is 0 Å². The molecule has 0 aliphatic heterocycles. The third-order valence-corrected chi connectivity index (χ3v) is 2.15. The molecule has 0 spiro atoms. The molecule has 0 aliphatic rings. The van der Waals surface area contributed by atoms with Crippen molar-refractivity contribution in [2.45, 2.75) is 0 Å². The second-order valence-corrected chi connectivity index (χ2v) is 3.38. The number of rotatable bonds is 3. The highest BCUT2D eigenvalue weighted by Gasteiger charge is 2.13. The average Bonchev–Trinajstić information content (AvgIpc) is 2.32. The standard InChI is InChI=1S/C11H10N4O2/c12-8-3-5-9(6-4-8)14-10-2-1-7-13-11(10)15(16)17/h1-7,14H,12H2. The highest BCUT2D eigenvalue weighted by atomic mass is 16.6. The molecule has 17 heavy (non-hydrogen) atoms. The number of aromatic nitrogens is 1. The molecular weight excluding hydrogens is 220 g/mol. The highest BCUT2D eigenvalue weighted by molar-refractivity contribution is 5.67. The predicted octanol–water partition coefficient (Wildman–Crippen LogP) is 2.32. The molecule has 2 rings (SSSR count). The topological polar surface area (TPSA) is 94.1 Å². The van der Waals surface area contributed by atoms with Gasteiger partial charge in [-0.2, -0.15) is 0 Å². The normalized spacial score (nSPS) is 9.88.